The van der Waals surface area contributed by atoms with Crippen molar-refractivity contribution in [3.8, 4) is 5.75 Å². The van der Waals surface area contributed by atoms with Crippen LogP contribution in [0, 0.1) is 17.0 Å². The van der Waals surface area contributed by atoms with E-state index in [9.17, 15) is 24.8 Å². The van der Waals surface area contributed by atoms with Crippen molar-refractivity contribution >= 4 is 17.4 Å². The molecule has 10 nitrogen and oxygen atoms in total. The van der Waals surface area contributed by atoms with Gasteiger partial charge < -0.3 is 9.84 Å². The van der Waals surface area contributed by atoms with Crippen LogP contribution in [0.4, 0.5) is 5.69 Å². The minimum absolute atomic E-state index is 0.0466. The first-order valence-electron chi connectivity index (χ1n) is 8.42. The fourth-order valence-electron chi connectivity index (χ4n) is 2.91. The first-order chi connectivity index (χ1) is 13.8. The van der Waals surface area contributed by atoms with Gasteiger partial charge in [0.05, 0.1) is 18.6 Å². The highest BCUT2D eigenvalue weighted by Crippen LogP contribution is 2.26. The molecule has 0 bridgehead atoms. The third-order valence-corrected chi connectivity index (χ3v) is 4.31. The Kier molecular flexibility index (Phi) is 5.35. The molecule has 1 heterocycles. The number of benzene rings is 2. The SMILES string of the molecule is COc1ccc(Cn2nnc(C(=O)O)c2C(=O)c2cccc(C)c2[N+](=O)[O-])cc1. The molecule has 1 aromatic heterocycles. The van der Waals surface area contributed by atoms with Gasteiger partial charge in [0.15, 0.2) is 0 Å². The lowest BCUT2D eigenvalue weighted by Crippen LogP contribution is -2.17. The van der Waals surface area contributed by atoms with E-state index in [4.69, 9.17) is 4.74 Å². The molecule has 0 amide bonds. The highest BCUT2D eigenvalue weighted by molar-refractivity contribution is 6.14. The number of hydrogen-bond donors (Lipinski definition) is 1. The molecule has 0 atom stereocenters. The Hall–Kier alpha value is -4.08. The number of ether oxygens (including phenoxy) is 1. The number of aromatic carboxylic acids is 1. The molecule has 10 heteroatoms. The maximum Gasteiger partial charge on any atom is 0.358 e. The van der Waals surface area contributed by atoms with E-state index in [1.165, 1.54) is 32.2 Å². The van der Waals surface area contributed by atoms with Crippen molar-refractivity contribution in [2.24, 2.45) is 0 Å². The number of carbonyl (C=O) groups excluding carboxylic acids is 1. The van der Waals surface area contributed by atoms with Crippen LogP contribution in [-0.4, -0.2) is 43.9 Å². The monoisotopic (exact) mass is 396 g/mol. The molecule has 0 fully saturated rings. The standard InChI is InChI=1S/C19H16N4O6/c1-11-4-3-5-14(16(11)23(27)28)18(24)17-15(19(25)26)20-21-22(17)10-12-6-8-13(29-2)9-7-12/h3-9H,10H2,1-2H3,(H,25,26). The van der Waals surface area contributed by atoms with Gasteiger partial charge in [0.25, 0.3) is 5.69 Å². The van der Waals surface area contributed by atoms with E-state index in [1.807, 2.05) is 0 Å². The first kappa shape index (κ1) is 19.7. The minimum Gasteiger partial charge on any atom is -0.497 e. The summed E-state index contributed by atoms with van der Waals surface area (Å²) in [5, 5.41) is 28.3. The molecule has 0 radical (unpaired) electrons. The zero-order chi connectivity index (χ0) is 21.1. The molecule has 0 spiro atoms. The van der Waals surface area contributed by atoms with Crippen molar-refractivity contribution < 1.29 is 24.4 Å². The molecular formula is C19H16N4O6. The quantitative estimate of drug-likeness (QED) is 0.365. The van der Waals surface area contributed by atoms with Crippen molar-refractivity contribution in [1.82, 2.24) is 15.0 Å². The molecule has 2 aromatic carbocycles. The van der Waals surface area contributed by atoms with E-state index in [1.54, 1.807) is 24.3 Å². The second-order valence-electron chi connectivity index (χ2n) is 6.15. The van der Waals surface area contributed by atoms with Crippen molar-refractivity contribution in [3.63, 3.8) is 0 Å². The zero-order valence-electron chi connectivity index (χ0n) is 15.5. The molecule has 0 aliphatic carbocycles. The molecule has 0 unspecified atom stereocenters. The Balaban J connectivity index is 2.10. The number of nitro benzene ring substituents is 1. The predicted octanol–water partition coefficient (Wildman–Crippen LogP) is 2.48. The van der Waals surface area contributed by atoms with Crippen LogP contribution in [0.3, 0.4) is 0 Å². The molecule has 3 aromatic rings. The number of carbonyl (C=O) groups is 2. The number of carboxylic acids is 1. The Bertz CT molecular complexity index is 1100. The summed E-state index contributed by atoms with van der Waals surface area (Å²) < 4.78 is 6.22. The lowest BCUT2D eigenvalue weighted by Gasteiger charge is -2.09. The largest absolute Gasteiger partial charge is 0.497 e. The zero-order valence-corrected chi connectivity index (χ0v) is 15.5. The van der Waals surface area contributed by atoms with Crippen LogP contribution in [0.25, 0.3) is 0 Å². The van der Waals surface area contributed by atoms with Crippen molar-refractivity contribution in [2.75, 3.05) is 7.11 Å². The molecule has 3 rings (SSSR count). The number of hydrogen-bond acceptors (Lipinski definition) is 7. The third kappa shape index (κ3) is 3.81. The van der Waals surface area contributed by atoms with E-state index >= 15 is 0 Å². The van der Waals surface area contributed by atoms with E-state index in [2.05, 4.69) is 10.3 Å². The van der Waals surface area contributed by atoms with Crippen molar-refractivity contribution in [2.45, 2.75) is 13.5 Å². The van der Waals surface area contributed by atoms with Crippen LogP contribution in [0.1, 0.15) is 37.7 Å². The van der Waals surface area contributed by atoms with Gasteiger partial charge in [-0.3, -0.25) is 14.9 Å². The third-order valence-electron chi connectivity index (χ3n) is 4.31. The highest BCUT2D eigenvalue weighted by atomic mass is 16.6. The van der Waals surface area contributed by atoms with Crippen LogP contribution in [-0.2, 0) is 6.54 Å². The summed E-state index contributed by atoms with van der Waals surface area (Å²) in [6.45, 7) is 1.55. The van der Waals surface area contributed by atoms with E-state index in [-0.39, 0.29) is 29.1 Å². The highest BCUT2D eigenvalue weighted by Gasteiger charge is 2.31. The number of carboxylic acid groups (broad SMARTS) is 1. The number of rotatable bonds is 7. The number of nitro groups is 1. The first-order valence-corrected chi connectivity index (χ1v) is 8.42. The molecule has 148 valence electrons. The maximum atomic E-state index is 13.1. The molecule has 0 saturated heterocycles. The van der Waals surface area contributed by atoms with E-state index < -0.39 is 22.4 Å². The van der Waals surface area contributed by atoms with Gasteiger partial charge >= 0.3 is 5.97 Å². The number of nitrogens with zero attached hydrogens (tertiary/aromatic N) is 4. The van der Waals surface area contributed by atoms with E-state index in [0.29, 0.717) is 11.3 Å². The van der Waals surface area contributed by atoms with Gasteiger partial charge in [0.2, 0.25) is 11.5 Å². The average Bonchev–Trinajstić information content (AvgIpc) is 3.11. The summed E-state index contributed by atoms with van der Waals surface area (Å²) in [5.74, 6) is -1.66. The van der Waals surface area contributed by atoms with Crippen LogP contribution < -0.4 is 4.74 Å². The van der Waals surface area contributed by atoms with Crippen LogP contribution >= 0.6 is 0 Å². The Morgan fingerprint density at radius 1 is 1.21 bits per heavy atom. The number of para-hydroxylation sites is 1. The Morgan fingerprint density at radius 2 is 1.90 bits per heavy atom. The Morgan fingerprint density at radius 3 is 2.48 bits per heavy atom. The summed E-state index contributed by atoms with van der Waals surface area (Å²) in [4.78, 5) is 35.5. The maximum absolute atomic E-state index is 13.1. The number of methoxy groups -OCH3 is 1. The number of aromatic nitrogens is 3. The number of ketones is 1. The summed E-state index contributed by atoms with van der Waals surface area (Å²) in [6.07, 6.45) is 0. The molecule has 29 heavy (non-hydrogen) atoms. The Labute approximate surface area is 164 Å². The summed E-state index contributed by atoms with van der Waals surface area (Å²) in [6, 6.07) is 11.1. The molecule has 0 saturated carbocycles. The molecule has 0 aliphatic rings. The lowest BCUT2D eigenvalue weighted by atomic mass is 10.0. The molecule has 0 aliphatic heterocycles. The van der Waals surface area contributed by atoms with Gasteiger partial charge in [-0.05, 0) is 30.7 Å². The van der Waals surface area contributed by atoms with Gasteiger partial charge in [-0.1, -0.05) is 29.5 Å². The predicted molar refractivity (Wildman–Crippen MR) is 100 cm³/mol. The van der Waals surface area contributed by atoms with Crippen molar-refractivity contribution in [3.05, 3.63) is 80.7 Å². The van der Waals surface area contributed by atoms with E-state index in [0.717, 1.165) is 4.68 Å². The summed E-state index contributed by atoms with van der Waals surface area (Å²) in [5.41, 5.74) is -0.518. The van der Waals surface area contributed by atoms with Gasteiger partial charge in [-0.2, -0.15) is 0 Å². The van der Waals surface area contributed by atoms with Gasteiger partial charge in [-0.25, -0.2) is 9.48 Å². The second kappa shape index (κ2) is 7.89. The fraction of sp³-hybridized carbons (Fsp3) is 0.158. The molecular weight excluding hydrogens is 380 g/mol. The second-order valence-corrected chi connectivity index (χ2v) is 6.15. The normalized spacial score (nSPS) is 10.6. The fourth-order valence-corrected chi connectivity index (χ4v) is 2.91. The van der Waals surface area contributed by atoms with Crippen LogP contribution in [0.5, 0.6) is 5.75 Å². The summed E-state index contributed by atoms with van der Waals surface area (Å²) in [7, 11) is 1.52. The van der Waals surface area contributed by atoms with Gasteiger partial charge in [-0.15, -0.1) is 5.10 Å². The smallest absolute Gasteiger partial charge is 0.358 e. The lowest BCUT2D eigenvalue weighted by molar-refractivity contribution is -0.385. The number of aryl methyl sites for hydroxylation is 1. The van der Waals surface area contributed by atoms with Crippen LogP contribution in [0.2, 0.25) is 0 Å². The topological polar surface area (TPSA) is 137 Å². The minimum atomic E-state index is -1.45. The van der Waals surface area contributed by atoms with Crippen molar-refractivity contribution in [1.29, 1.82) is 0 Å². The van der Waals surface area contributed by atoms with Crippen LogP contribution in [0.15, 0.2) is 42.5 Å². The summed E-state index contributed by atoms with van der Waals surface area (Å²) >= 11 is 0. The van der Waals surface area contributed by atoms with Gasteiger partial charge in [0, 0.05) is 5.56 Å². The average molecular weight is 396 g/mol. The van der Waals surface area contributed by atoms with Gasteiger partial charge in [0.1, 0.15) is 17.0 Å². The molecule has 1 N–H and O–H groups in total.